The summed E-state index contributed by atoms with van der Waals surface area (Å²) in [5, 5.41) is 0.804. The van der Waals surface area contributed by atoms with Gasteiger partial charge in [0.1, 0.15) is 12.2 Å². The van der Waals surface area contributed by atoms with Crippen LogP contribution >= 0.6 is 0 Å². The van der Waals surface area contributed by atoms with Crippen LogP contribution in [0.3, 0.4) is 0 Å². The molecule has 1 atom stereocenters. The first kappa shape index (κ1) is 24.1. The van der Waals surface area contributed by atoms with Crippen molar-refractivity contribution in [1.29, 1.82) is 0 Å². The molecule has 1 aliphatic heterocycles. The number of esters is 1. The number of ether oxygens (including phenoxy) is 2. The molecule has 37 heavy (non-hydrogen) atoms. The average Bonchev–Trinajstić information content (AvgIpc) is 3.48. The van der Waals surface area contributed by atoms with Gasteiger partial charge in [-0.3, -0.25) is 4.79 Å². The maximum atomic E-state index is 13.3. The molecule has 1 fully saturated rings. The van der Waals surface area contributed by atoms with Crippen molar-refractivity contribution in [3.05, 3.63) is 93.3 Å². The summed E-state index contributed by atoms with van der Waals surface area (Å²) in [6.45, 7) is 3.02. The molecule has 9 heteroatoms. The Morgan fingerprint density at radius 1 is 0.973 bits per heavy atom. The Morgan fingerprint density at radius 2 is 1.70 bits per heavy atom. The van der Waals surface area contributed by atoms with Crippen LogP contribution in [0, 0.1) is 13.8 Å². The molecule has 3 heterocycles. The van der Waals surface area contributed by atoms with Crippen molar-refractivity contribution >= 4 is 28.9 Å². The highest BCUT2D eigenvalue weighted by Gasteiger charge is 2.40. The zero-order valence-corrected chi connectivity index (χ0v) is 20.2. The first-order chi connectivity index (χ1) is 17.8. The molecule has 0 radical (unpaired) electrons. The van der Waals surface area contributed by atoms with Crippen molar-refractivity contribution in [1.82, 2.24) is 4.90 Å². The van der Waals surface area contributed by atoms with Gasteiger partial charge in [-0.2, -0.15) is 0 Å². The normalized spacial score (nSPS) is 15.2. The third-order valence-electron chi connectivity index (χ3n) is 6.25. The molecule has 1 aliphatic rings. The second kappa shape index (κ2) is 9.77. The highest BCUT2D eigenvalue weighted by molar-refractivity contribution is 5.97. The quantitative estimate of drug-likeness (QED) is 0.346. The number of carbonyl (C=O) groups is 3. The van der Waals surface area contributed by atoms with E-state index in [9.17, 15) is 19.2 Å². The summed E-state index contributed by atoms with van der Waals surface area (Å²) in [7, 11) is 0. The number of hydrogen-bond donors (Lipinski definition) is 0. The molecule has 0 bridgehead atoms. The second-order valence-electron chi connectivity index (χ2n) is 8.69. The molecule has 2 aromatic heterocycles. The Kier molecular flexibility index (Phi) is 6.35. The lowest BCUT2D eigenvalue weighted by Gasteiger charge is -2.23. The Hall–Kier alpha value is -4.66. The van der Waals surface area contributed by atoms with Gasteiger partial charge in [-0.15, -0.1) is 0 Å². The molecule has 2 aromatic carbocycles. The van der Waals surface area contributed by atoms with Crippen molar-refractivity contribution in [3.63, 3.8) is 0 Å². The maximum Gasteiger partial charge on any atom is 0.419 e. The SMILES string of the molecule is Cc1c(-c2cc3ccccc3o2)oc(=O)c(C)c1C(=O)OC1CCC(=O)N1C(=O)OCc1ccccc1. The lowest BCUT2D eigenvalue weighted by molar-refractivity contribution is -0.131. The molecule has 188 valence electrons. The van der Waals surface area contributed by atoms with Crippen LogP contribution in [0.2, 0.25) is 0 Å². The van der Waals surface area contributed by atoms with Gasteiger partial charge in [-0.1, -0.05) is 48.5 Å². The van der Waals surface area contributed by atoms with E-state index in [-0.39, 0.29) is 42.1 Å². The van der Waals surface area contributed by atoms with E-state index < -0.39 is 29.8 Å². The highest BCUT2D eigenvalue weighted by atomic mass is 16.6. The largest absolute Gasteiger partial charge is 0.453 e. The molecule has 4 aromatic rings. The van der Waals surface area contributed by atoms with Gasteiger partial charge in [0.05, 0.1) is 5.56 Å². The summed E-state index contributed by atoms with van der Waals surface area (Å²) in [5.41, 5.74) is 0.988. The van der Waals surface area contributed by atoms with E-state index in [1.807, 2.05) is 24.3 Å². The minimum atomic E-state index is -1.16. The number of amides is 2. The van der Waals surface area contributed by atoms with E-state index in [0.717, 1.165) is 15.8 Å². The number of nitrogens with zero attached hydrogens (tertiary/aromatic N) is 1. The van der Waals surface area contributed by atoms with Crippen LogP contribution in [0.5, 0.6) is 0 Å². The van der Waals surface area contributed by atoms with Gasteiger partial charge in [0.25, 0.3) is 0 Å². The summed E-state index contributed by atoms with van der Waals surface area (Å²) in [4.78, 5) is 51.8. The van der Waals surface area contributed by atoms with E-state index in [1.54, 1.807) is 43.3 Å². The molecule has 0 saturated carbocycles. The average molecular weight is 501 g/mol. The van der Waals surface area contributed by atoms with Crippen LogP contribution in [0.1, 0.15) is 39.9 Å². The first-order valence-corrected chi connectivity index (χ1v) is 11.7. The summed E-state index contributed by atoms with van der Waals surface area (Å²) in [6, 6.07) is 18.0. The van der Waals surface area contributed by atoms with Crippen molar-refractivity contribution < 1.29 is 32.7 Å². The summed E-state index contributed by atoms with van der Waals surface area (Å²) in [5.74, 6) is -0.993. The van der Waals surface area contributed by atoms with Gasteiger partial charge < -0.3 is 18.3 Å². The first-order valence-electron chi connectivity index (χ1n) is 11.7. The van der Waals surface area contributed by atoms with E-state index in [2.05, 4.69) is 0 Å². The van der Waals surface area contributed by atoms with Gasteiger partial charge >= 0.3 is 17.7 Å². The van der Waals surface area contributed by atoms with E-state index in [1.165, 1.54) is 6.92 Å². The third kappa shape index (κ3) is 4.63. The lowest BCUT2D eigenvalue weighted by Crippen LogP contribution is -2.41. The highest BCUT2D eigenvalue weighted by Crippen LogP contribution is 2.32. The van der Waals surface area contributed by atoms with Gasteiger partial charge in [0, 0.05) is 29.4 Å². The standard InChI is InChI=1S/C28H23NO8/c1-16-24(17(2)26(31)37-25(16)21-14-19-10-6-7-11-20(19)35-21)27(32)36-23-13-12-22(30)29(23)28(33)34-15-18-8-4-3-5-9-18/h3-11,14,23H,12-13,15H2,1-2H3. The van der Waals surface area contributed by atoms with Gasteiger partial charge in [0.2, 0.25) is 5.91 Å². The fourth-order valence-electron chi connectivity index (χ4n) is 4.34. The number of likely N-dealkylation sites (tertiary alicyclic amines) is 1. The molecule has 1 unspecified atom stereocenters. The van der Waals surface area contributed by atoms with Crippen LogP contribution in [0.4, 0.5) is 4.79 Å². The minimum absolute atomic E-state index is 0.0105. The molecule has 0 aliphatic carbocycles. The smallest absolute Gasteiger partial charge is 0.419 e. The Bertz CT molecular complexity index is 1530. The number of fused-ring (bicyclic) bond motifs is 1. The summed E-state index contributed by atoms with van der Waals surface area (Å²) >= 11 is 0. The van der Waals surface area contributed by atoms with Crippen molar-refractivity contribution in [2.75, 3.05) is 0 Å². The van der Waals surface area contributed by atoms with Crippen molar-refractivity contribution in [3.8, 4) is 11.5 Å². The van der Waals surface area contributed by atoms with Crippen LogP contribution in [-0.4, -0.2) is 29.1 Å². The number of rotatable bonds is 5. The summed E-state index contributed by atoms with van der Waals surface area (Å²) in [6.07, 6.45) is -1.95. The van der Waals surface area contributed by atoms with Crippen molar-refractivity contribution in [2.45, 2.75) is 39.5 Å². The number of benzene rings is 2. The number of para-hydroxylation sites is 1. The Labute approximate surface area is 211 Å². The minimum Gasteiger partial charge on any atom is -0.453 e. The Balaban J connectivity index is 1.40. The molecule has 2 amide bonds. The fourth-order valence-corrected chi connectivity index (χ4v) is 4.34. The van der Waals surface area contributed by atoms with Gasteiger partial charge in [-0.05, 0) is 31.5 Å². The zero-order chi connectivity index (χ0) is 26.1. The molecular formula is C28H23NO8. The van der Waals surface area contributed by atoms with E-state index in [4.69, 9.17) is 18.3 Å². The van der Waals surface area contributed by atoms with Crippen LogP contribution in [0.15, 0.2) is 74.3 Å². The number of carbonyl (C=O) groups excluding carboxylic acids is 3. The predicted octanol–water partition coefficient (Wildman–Crippen LogP) is 5.11. The molecule has 0 spiro atoms. The number of furan rings is 1. The zero-order valence-electron chi connectivity index (χ0n) is 20.2. The van der Waals surface area contributed by atoms with E-state index >= 15 is 0 Å². The molecule has 1 saturated heterocycles. The van der Waals surface area contributed by atoms with E-state index in [0.29, 0.717) is 11.1 Å². The Morgan fingerprint density at radius 3 is 2.46 bits per heavy atom. The molecule has 9 nitrogen and oxygen atoms in total. The van der Waals surface area contributed by atoms with Gasteiger partial charge in [0.15, 0.2) is 17.7 Å². The second-order valence-corrected chi connectivity index (χ2v) is 8.69. The lowest BCUT2D eigenvalue weighted by atomic mass is 10.0. The topological polar surface area (TPSA) is 116 Å². The van der Waals surface area contributed by atoms with Gasteiger partial charge in [-0.25, -0.2) is 19.3 Å². The number of imide groups is 1. The molecule has 5 rings (SSSR count). The molecule has 0 N–H and O–H groups in total. The molecular weight excluding hydrogens is 478 g/mol. The monoisotopic (exact) mass is 501 g/mol. The third-order valence-corrected chi connectivity index (χ3v) is 6.25. The maximum absolute atomic E-state index is 13.3. The van der Waals surface area contributed by atoms with Crippen LogP contribution in [-0.2, 0) is 20.9 Å². The van der Waals surface area contributed by atoms with Crippen LogP contribution in [0.25, 0.3) is 22.5 Å². The van der Waals surface area contributed by atoms with Crippen molar-refractivity contribution in [2.24, 2.45) is 0 Å². The fraction of sp³-hybridized carbons (Fsp3) is 0.214. The number of hydrogen-bond acceptors (Lipinski definition) is 8. The van der Waals surface area contributed by atoms with Crippen LogP contribution < -0.4 is 5.63 Å². The predicted molar refractivity (Wildman–Crippen MR) is 132 cm³/mol. The summed E-state index contributed by atoms with van der Waals surface area (Å²) < 4.78 is 22.1.